The first-order valence-corrected chi connectivity index (χ1v) is 10.1. The molecule has 1 aliphatic heterocycles. The summed E-state index contributed by atoms with van der Waals surface area (Å²) in [5.74, 6) is 0.0896. The van der Waals surface area contributed by atoms with E-state index in [-0.39, 0.29) is 11.9 Å². The first-order valence-electron chi connectivity index (χ1n) is 9.24. The van der Waals surface area contributed by atoms with Crippen LogP contribution in [0.3, 0.4) is 0 Å². The number of thiophene rings is 1. The van der Waals surface area contributed by atoms with E-state index in [1.165, 1.54) is 11.1 Å². The predicted octanol–water partition coefficient (Wildman–Crippen LogP) is 5.34. The third-order valence-electron chi connectivity index (χ3n) is 5.35. The maximum Gasteiger partial charge on any atom is 0.275 e. The number of anilines is 1. The van der Waals surface area contributed by atoms with Crippen LogP contribution in [0.15, 0.2) is 72.1 Å². The summed E-state index contributed by atoms with van der Waals surface area (Å²) in [6.45, 7) is 2.83. The predicted molar refractivity (Wildman–Crippen MR) is 112 cm³/mol. The van der Waals surface area contributed by atoms with Crippen molar-refractivity contribution in [2.24, 2.45) is 0 Å². The van der Waals surface area contributed by atoms with Crippen LogP contribution in [0.2, 0.25) is 0 Å². The number of para-hydroxylation sites is 1. The molecule has 0 radical (unpaired) electrons. The van der Waals surface area contributed by atoms with Gasteiger partial charge in [0.05, 0.1) is 10.2 Å². The summed E-state index contributed by atoms with van der Waals surface area (Å²) in [6.07, 6.45) is 0.912. The fraction of sp³-hybridized carbons (Fsp3) is 0.174. The lowest BCUT2D eigenvalue weighted by molar-refractivity contribution is 0.0973. The van der Waals surface area contributed by atoms with E-state index in [1.54, 1.807) is 11.3 Å². The molecule has 0 saturated heterocycles. The number of aromatic nitrogens is 1. The van der Waals surface area contributed by atoms with Crippen LogP contribution >= 0.6 is 11.3 Å². The zero-order valence-electron chi connectivity index (χ0n) is 15.1. The second-order valence-electron chi connectivity index (χ2n) is 7.13. The summed E-state index contributed by atoms with van der Waals surface area (Å²) in [4.78, 5) is 15.6. The molecule has 0 bridgehead atoms. The number of carbonyl (C=O) groups excluding carboxylic acids is 1. The van der Waals surface area contributed by atoms with Crippen LogP contribution < -0.4 is 4.90 Å². The Labute approximate surface area is 162 Å². The van der Waals surface area contributed by atoms with Crippen molar-refractivity contribution in [3.8, 4) is 0 Å². The van der Waals surface area contributed by atoms with Crippen molar-refractivity contribution in [3.63, 3.8) is 0 Å². The van der Waals surface area contributed by atoms with Gasteiger partial charge in [0, 0.05) is 18.3 Å². The van der Waals surface area contributed by atoms with Gasteiger partial charge in [-0.05, 0) is 48.1 Å². The second-order valence-corrected chi connectivity index (χ2v) is 8.08. The molecule has 2 aromatic heterocycles. The number of hydrogen-bond acceptors (Lipinski definition) is 2. The summed E-state index contributed by atoms with van der Waals surface area (Å²) in [7, 11) is 0. The van der Waals surface area contributed by atoms with E-state index in [1.807, 2.05) is 35.2 Å². The highest BCUT2D eigenvalue weighted by Crippen LogP contribution is 2.35. The molecule has 2 aromatic carbocycles. The Morgan fingerprint density at radius 1 is 1.07 bits per heavy atom. The average molecular weight is 372 g/mol. The van der Waals surface area contributed by atoms with Gasteiger partial charge in [0.25, 0.3) is 5.91 Å². The van der Waals surface area contributed by atoms with Gasteiger partial charge < -0.3 is 9.47 Å². The van der Waals surface area contributed by atoms with E-state index in [0.717, 1.165) is 28.0 Å². The molecular formula is C23H20N2OS. The Hall–Kier alpha value is -2.85. The number of nitrogens with zero attached hydrogens (tertiary/aromatic N) is 2. The second kappa shape index (κ2) is 6.39. The molecule has 5 rings (SSSR count). The smallest absolute Gasteiger partial charge is 0.275 e. The Morgan fingerprint density at radius 3 is 2.70 bits per heavy atom. The van der Waals surface area contributed by atoms with Crippen molar-refractivity contribution in [1.29, 1.82) is 0 Å². The van der Waals surface area contributed by atoms with Crippen LogP contribution in [0.1, 0.15) is 28.5 Å². The van der Waals surface area contributed by atoms with Gasteiger partial charge in [-0.25, -0.2) is 0 Å². The summed E-state index contributed by atoms with van der Waals surface area (Å²) in [5.41, 5.74) is 5.40. The van der Waals surface area contributed by atoms with Gasteiger partial charge >= 0.3 is 0 Å². The molecular weight excluding hydrogens is 352 g/mol. The molecule has 4 heteroatoms. The highest BCUT2D eigenvalue weighted by molar-refractivity contribution is 7.17. The van der Waals surface area contributed by atoms with E-state index >= 15 is 0 Å². The maximum absolute atomic E-state index is 13.6. The Bertz CT molecular complexity index is 1130. The molecule has 0 fully saturated rings. The van der Waals surface area contributed by atoms with Crippen LogP contribution in [-0.2, 0) is 13.0 Å². The molecule has 4 aromatic rings. The summed E-state index contributed by atoms with van der Waals surface area (Å²) >= 11 is 1.69. The monoisotopic (exact) mass is 372 g/mol. The number of carbonyl (C=O) groups is 1. The zero-order valence-corrected chi connectivity index (χ0v) is 15.9. The molecule has 0 saturated carbocycles. The molecule has 0 unspecified atom stereocenters. The van der Waals surface area contributed by atoms with Crippen LogP contribution in [-0.4, -0.2) is 16.5 Å². The number of benzene rings is 2. The summed E-state index contributed by atoms with van der Waals surface area (Å²) in [6, 6.07) is 22.9. The molecule has 0 spiro atoms. The van der Waals surface area contributed by atoms with Gasteiger partial charge in [-0.3, -0.25) is 4.79 Å². The summed E-state index contributed by atoms with van der Waals surface area (Å²) in [5, 5.41) is 2.09. The van der Waals surface area contributed by atoms with Crippen molar-refractivity contribution in [3.05, 3.63) is 88.9 Å². The largest absolute Gasteiger partial charge is 0.331 e. The molecule has 1 atom stereocenters. The molecule has 3 heterocycles. The molecule has 0 N–H and O–H groups in total. The van der Waals surface area contributed by atoms with Crippen molar-refractivity contribution in [2.75, 3.05) is 4.90 Å². The zero-order chi connectivity index (χ0) is 18.4. The third-order valence-corrected chi connectivity index (χ3v) is 6.20. The van der Waals surface area contributed by atoms with Gasteiger partial charge in [-0.15, -0.1) is 11.3 Å². The first kappa shape index (κ1) is 16.3. The van der Waals surface area contributed by atoms with E-state index in [4.69, 9.17) is 0 Å². The highest BCUT2D eigenvalue weighted by Gasteiger charge is 2.33. The lowest BCUT2D eigenvalue weighted by Crippen LogP contribution is -2.37. The van der Waals surface area contributed by atoms with Gasteiger partial charge in [0.15, 0.2) is 0 Å². The molecule has 1 amide bonds. The van der Waals surface area contributed by atoms with Gasteiger partial charge in [0.2, 0.25) is 0 Å². The van der Waals surface area contributed by atoms with E-state index in [9.17, 15) is 4.79 Å². The van der Waals surface area contributed by atoms with Gasteiger partial charge in [-0.2, -0.15) is 0 Å². The van der Waals surface area contributed by atoms with E-state index < -0.39 is 0 Å². The van der Waals surface area contributed by atoms with Gasteiger partial charge in [-0.1, -0.05) is 48.5 Å². The summed E-state index contributed by atoms with van der Waals surface area (Å²) < 4.78 is 3.33. The maximum atomic E-state index is 13.6. The SMILES string of the molecule is C[C@@H]1Cc2ccccc2N1C(=O)c1cc2sccc2n1Cc1ccccc1. The minimum absolute atomic E-state index is 0.0896. The fourth-order valence-corrected chi connectivity index (χ4v) is 4.91. The van der Waals surface area contributed by atoms with Gasteiger partial charge in [0.1, 0.15) is 5.69 Å². The van der Waals surface area contributed by atoms with Crippen molar-refractivity contribution in [2.45, 2.75) is 25.9 Å². The number of hydrogen-bond donors (Lipinski definition) is 0. The number of fused-ring (bicyclic) bond motifs is 2. The Balaban J connectivity index is 1.60. The average Bonchev–Trinajstić information content (AvgIpc) is 3.35. The number of rotatable bonds is 3. The van der Waals surface area contributed by atoms with Crippen molar-refractivity contribution < 1.29 is 4.79 Å². The van der Waals surface area contributed by atoms with Crippen molar-refractivity contribution >= 4 is 33.1 Å². The minimum atomic E-state index is 0.0896. The normalized spacial score (nSPS) is 16.0. The fourth-order valence-electron chi connectivity index (χ4n) is 4.09. The highest BCUT2D eigenvalue weighted by atomic mass is 32.1. The lowest BCUT2D eigenvalue weighted by atomic mass is 10.1. The molecule has 0 aliphatic carbocycles. The Kier molecular flexibility index (Phi) is 3.87. The molecule has 3 nitrogen and oxygen atoms in total. The first-order chi connectivity index (χ1) is 13.2. The van der Waals surface area contributed by atoms with Crippen LogP contribution in [0, 0.1) is 0 Å². The topological polar surface area (TPSA) is 25.2 Å². The van der Waals surface area contributed by atoms with Crippen molar-refractivity contribution in [1.82, 2.24) is 4.57 Å². The quantitative estimate of drug-likeness (QED) is 0.476. The molecule has 27 heavy (non-hydrogen) atoms. The number of amides is 1. The lowest BCUT2D eigenvalue weighted by Gasteiger charge is -2.23. The van der Waals surface area contributed by atoms with E-state index in [0.29, 0.717) is 6.54 Å². The van der Waals surface area contributed by atoms with Crippen LogP contribution in [0.25, 0.3) is 10.2 Å². The standard InChI is InChI=1S/C23H20N2OS/c1-16-13-18-9-5-6-10-19(18)25(16)23(26)21-14-22-20(11-12-27-22)24(21)15-17-7-3-2-4-8-17/h2-12,14,16H,13,15H2,1H3/t16-/m1/s1. The molecule has 134 valence electrons. The third kappa shape index (κ3) is 2.68. The minimum Gasteiger partial charge on any atom is -0.331 e. The molecule has 1 aliphatic rings. The van der Waals surface area contributed by atoms with Crippen LogP contribution in [0.4, 0.5) is 5.69 Å². The van der Waals surface area contributed by atoms with Crippen LogP contribution in [0.5, 0.6) is 0 Å². The Morgan fingerprint density at radius 2 is 1.85 bits per heavy atom. The van der Waals surface area contributed by atoms with E-state index in [2.05, 4.69) is 53.3 Å².